The zero-order valence-electron chi connectivity index (χ0n) is 12.1. The van der Waals surface area contributed by atoms with Crippen molar-refractivity contribution in [1.82, 2.24) is 14.9 Å². The Balaban J connectivity index is 1.69. The number of fused-ring (bicyclic) bond motifs is 1. The summed E-state index contributed by atoms with van der Waals surface area (Å²) in [5.74, 6) is 0.290. The lowest BCUT2D eigenvalue weighted by atomic mass is 10.1. The van der Waals surface area contributed by atoms with E-state index in [1.807, 2.05) is 6.07 Å². The molecule has 1 aromatic heterocycles. The van der Waals surface area contributed by atoms with Gasteiger partial charge in [-0.1, -0.05) is 12.1 Å². The number of nitrogens with zero attached hydrogens (tertiary/aromatic N) is 2. The van der Waals surface area contributed by atoms with E-state index in [2.05, 4.69) is 10.3 Å². The maximum atomic E-state index is 12.5. The predicted octanol–water partition coefficient (Wildman–Crippen LogP) is 2.31. The van der Waals surface area contributed by atoms with Crippen LogP contribution in [0.4, 0.5) is 13.2 Å². The van der Waals surface area contributed by atoms with Gasteiger partial charge in [0.2, 0.25) is 0 Å². The number of aromatic nitrogens is 2. The third-order valence-electron chi connectivity index (χ3n) is 3.52. The maximum Gasteiger partial charge on any atom is 0.406 e. The Morgan fingerprint density at radius 1 is 1.39 bits per heavy atom. The highest BCUT2D eigenvalue weighted by atomic mass is 19.4. The number of rotatable bonds is 4. The van der Waals surface area contributed by atoms with E-state index in [4.69, 9.17) is 4.74 Å². The molecule has 3 rings (SSSR count). The van der Waals surface area contributed by atoms with E-state index in [1.54, 1.807) is 12.1 Å². The Morgan fingerprint density at radius 2 is 2.22 bits per heavy atom. The first kappa shape index (κ1) is 15.4. The van der Waals surface area contributed by atoms with Crippen molar-refractivity contribution in [2.75, 3.05) is 6.61 Å². The van der Waals surface area contributed by atoms with Gasteiger partial charge in [0.15, 0.2) is 0 Å². The van der Waals surface area contributed by atoms with Gasteiger partial charge in [-0.25, -0.2) is 4.98 Å². The van der Waals surface area contributed by atoms with Crippen LogP contribution in [-0.4, -0.2) is 28.2 Å². The van der Waals surface area contributed by atoms with Crippen LogP contribution in [0.3, 0.4) is 0 Å². The molecule has 1 N–H and O–H groups in total. The molecule has 1 amide bonds. The van der Waals surface area contributed by atoms with Crippen LogP contribution < -0.4 is 10.1 Å². The largest absolute Gasteiger partial charge is 0.492 e. The molecule has 2 aromatic rings. The van der Waals surface area contributed by atoms with Crippen molar-refractivity contribution < 1.29 is 22.7 Å². The second-order valence-corrected chi connectivity index (χ2v) is 5.16. The average molecular weight is 325 g/mol. The second kappa shape index (κ2) is 5.94. The highest BCUT2D eigenvalue weighted by Gasteiger charge is 2.29. The molecule has 0 unspecified atom stereocenters. The molecule has 8 heteroatoms. The number of para-hydroxylation sites is 1. The summed E-state index contributed by atoms with van der Waals surface area (Å²) in [6.07, 6.45) is -1.09. The number of imidazole rings is 1. The summed E-state index contributed by atoms with van der Waals surface area (Å²) >= 11 is 0. The van der Waals surface area contributed by atoms with E-state index >= 15 is 0 Å². The molecule has 2 heterocycles. The standard InChI is InChI=1S/C15H14F3N3O2/c16-15(17,18)9-21-6-5-19-12(21)8-20-14(22)11-3-1-2-10-4-7-23-13(10)11/h1-3,5-6H,4,7-9H2,(H,20,22). The first-order chi connectivity index (χ1) is 10.9. The monoisotopic (exact) mass is 325 g/mol. The molecule has 0 aliphatic carbocycles. The molecule has 0 spiro atoms. The first-order valence-corrected chi connectivity index (χ1v) is 7.04. The fourth-order valence-electron chi connectivity index (χ4n) is 2.49. The normalized spacial score (nSPS) is 13.5. The van der Waals surface area contributed by atoms with Crippen molar-refractivity contribution in [3.05, 3.63) is 47.5 Å². The molecular weight excluding hydrogens is 311 g/mol. The minimum Gasteiger partial charge on any atom is -0.492 e. The first-order valence-electron chi connectivity index (χ1n) is 7.04. The Kier molecular flexibility index (Phi) is 3.97. The lowest BCUT2D eigenvalue weighted by Gasteiger charge is -2.12. The molecule has 5 nitrogen and oxygen atoms in total. The van der Waals surface area contributed by atoms with Crippen molar-refractivity contribution in [2.24, 2.45) is 0 Å². The number of alkyl halides is 3. The van der Waals surface area contributed by atoms with E-state index < -0.39 is 18.6 Å². The fourth-order valence-corrected chi connectivity index (χ4v) is 2.49. The van der Waals surface area contributed by atoms with Crippen LogP contribution in [0.25, 0.3) is 0 Å². The Morgan fingerprint density at radius 3 is 3.00 bits per heavy atom. The van der Waals surface area contributed by atoms with Gasteiger partial charge in [-0.05, 0) is 11.6 Å². The molecule has 1 aliphatic heterocycles. The van der Waals surface area contributed by atoms with Crippen molar-refractivity contribution in [1.29, 1.82) is 0 Å². The highest BCUT2D eigenvalue weighted by Crippen LogP contribution is 2.29. The van der Waals surface area contributed by atoms with E-state index in [0.717, 1.165) is 16.6 Å². The molecular formula is C15H14F3N3O2. The lowest BCUT2D eigenvalue weighted by molar-refractivity contribution is -0.141. The molecule has 0 fully saturated rings. The van der Waals surface area contributed by atoms with E-state index in [-0.39, 0.29) is 12.4 Å². The van der Waals surface area contributed by atoms with Crippen LogP contribution in [-0.2, 0) is 19.5 Å². The maximum absolute atomic E-state index is 12.5. The van der Waals surface area contributed by atoms with Crippen LogP contribution in [0.2, 0.25) is 0 Å². The highest BCUT2D eigenvalue weighted by molar-refractivity contribution is 5.97. The molecule has 0 saturated heterocycles. The number of amides is 1. The molecule has 0 atom stereocenters. The summed E-state index contributed by atoms with van der Waals surface area (Å²) in [4.78, 5) is 16.1. The van der Waals surface area contributed by atoms with E-state index in [9.17, 15) is 18.0 Å². The van der Waals surface area contributed by atoms with Gasteiger partial charge in [-0.3, -0.25) is 4.79 Å². The van der Waals surface area contributed by atoms with Gasteiger partial charge in [0, 0.05) is 18.8 Å². The number of hydrogen-bond donors (Lipinski definition) is 1. The van der Waals surface area contributed by atoms with Gasteiger partial charge in [-0.2, -0.15) is 13.2 Å². The van der Waals surface area contributed by atoms with Gasteiger partial charge < -0.3 is 14.6 Å². The van der Waals surface area contributed by atoms with Crippen LogP contribution in [0.15, 0.2) is 30.6 Å². The summed E-state index contributed by atoms with van der Waals surface area (Å²) in [5, 5.41) is 2.59. The molecule has 1 aliphatic rings. The van der Waals surface area contributed by atoms with Gasteiger partial charge in [-0.15, -0.1) is 0 Å². The van der Waals surface area contributed by atoms with Gasteiger partial charge in [0.25, 0.3) is 5.91 Å². The lowest BCUT2D eigenvalue weighted by Crippen LogP contribution is -2.27. The van der Waals surface area contributed by atoms with Crippen molar-refractivity contribution in [2.45, 2.75) is 25.7 Å². The molecule has 0 radical (unpaired) electrons. The Labute approximate surface area is 130 Å². The summed E-state index contributed by atoms with van der Waals surface area (Å²) in [6, 6.07) is 5.27. The smallest absolute Gasteiger partial charge is 0.406 e. The predicted molar refractivity (Wildman–Crippen MR) is 75.1 cm³/mol. The zero-order valence-corrected chi connectivity index (χ0v) is 12.1. The summed E-state index contributed by atoms with van der Waals surface area (Å²) in [5.41, 5.74) is 1.34. The molecule has 0 saturated carbocycles. The number of ether oxygens (including phenoxy) is 1. The van der Waals surface area contributed by atoms with Crippen LogP contribution >= 0.6 is 0 Å². The number of nitrogens with one attached hydrogen (secondary N) is 1. The van der Waals surface area contributed by atoms with Gasteiger partial charge in [0.05, 0.1) is 18.7 Å². The molecule has 122 valence electrons. The topological polar surface area (TPSA) is 56.2 Å². The Hall–Kier alpha value is -2.51. The molecule has 0 bridgehead atoms. The van der Waals surface area contributed by atoms with Crippen molar-refractivity contribution in [3.8, 4) is 5.75 Å². The zero-order chi connectivity index (χ0) is 16.4. The Bertz CT molecular complexity index is 725. The van der Waals surface area contributed by atoms with E-state index in [0.29, 0.717) is 17.9 Å². The third kappa shape index (κ3) is 3.46. The number of hydrogen-bond acceptors (Lipinski definition) is 3. The fraction of sp³-hybridized carbons (Fsp3) is 0.333. The average Bonchev–Trinajstić information content (AvgIpc) is 3.11. The quantitative estimate of drug-likeness (QED) is 0.938. The summed E-state index contributed by atoms with van der Waals surface area (Å²) < 4.78 is 43.8. The van der Waals surface area contributed by atoms with Crippen molar-refractivity contribution in [3.63, 3.8) is 0 Å². The number of carbonyl (C=O) groups is 1. The van der Waals surface area contributed by atoms with Crippen LogP contribution in [0.1, 0.15) is 21.7 Å². The van der Waals surface area contributed by atoms with Gasteiger partial charge in [0.1, 0.15) is 18.1 Å². The van der Waals surface area contributed by atoms with Gasteiger partial charge >= 0.3 is 6.18 Å². The minimum absolute atomic E-state index is 0.0917. The van der Waals surface area contributed by atoms with Crippen LogP contribution in [0, 0.1) is 0 Å². The second-order valence-electron chi connectivity index (χ2n) is 5.16. The third-order valence-corrected chi connectivity index (χ3v) is 3.52. The number of halogens is 3. The SMILES string of the molecule is O=C(NCc1nccn1CC(F)(F)F)c1cccc2c1OCC2. The molecule has 1 aromatic carbocycles. The molecule has 23 heavy (non-hydrogen) atoms. The van der Waals surface area contributed by atoms with E-state index in [1.165, 1.54) is 12.4 Å². The summed E-state index contributed by atoms with van der Waals surface area (Å²) in [6.45, 7) is -0.705. The van der Waals surface area contributed by atoms with Crippen molar-refractivity contribution >= 4 is 5.91 Å². The minimum atomic E-state index is -4.34. The number of carbonyl (C=O) groups excluding carboxylic acids is 1. The number of benzene rings is 1. The van der Waals surface area contributed by atoms with Crippen LogP contribution in [0.5, 0.6) is 5.75 Å². The summed E-state index contributed by atoms with van der Waals surface area (Å²) in [7, 11) is 0.